The molecule has 1 aliphatic rings. The van der Waals surface area contributed by atoms with Crippen LogP contribution >= 0.6 is 0 Å². The summed E-state index contributed by atoms with van der Waals surface area (Å²) in [5.41, 5.74) is 0. The van der Waals surface area contributed by atoms with Gasteiger partial charge in [-0.3, -0.25) is 9.69 Å². The Morgan fingerprint density at radius 3 is 2.79 bits per heavy atom. The molecule has 0 N–H and O–H groups in total. The largest absolute Gasteiger partial charge is 0.485 e. The van der Waals surface area contributed by atoms with Crippen molar-refractivity contribution in [2.45, 2.75) is 13.0 Å². The second-order valence-corrected chi connectivity index (χ2v) is 7.27. The third-order valence-corrected chi connectivity index (χ3v) is 5.26. The van der Waals surface area contributed by atoms with Gasteiger partial charge in [-0.25, -0.2) is 0 Å². The molecule has 150 valence electrons. The van der Waals surface area contributed by atoms with E-state index in [-0.39, 0.29) is 12.5 Å². The molecule has 0 bridgehead atoms. The van der Waals surface area contributed by atoms with Crippen LogP contribution in [0.4, 0.5) is 0 Å². The topological polar surface area (TPSA) is 45.9 Å². The van der Waals surface area contributed by atoms with Crippen molar-refractivity contribution in [3.8, 4) is 5.75 Å². The molecule has 0 aliphatic carbocycles. The first-order valence-electron chi connectivity index (χ1n) is 10.1. The number of amides is 1. The van der Waals surface area contributed by atoms with Gasteiger partial charge in [0.2, 0.25) is 0 Å². The number of carbonyl (C=O) groups excluding carboxylic acids is 1. The molecular formula is C24H26N2O3. The Labute approximate surface area is 171 Å². The number of hydrogen-bond donors (Lipinski definition) is 0. The first kappa shape index (κ1) is 19.3. The van der Waals surface area contributed by atoms with Gasteiger partial charge in [-0.05, 0) is 30.0 Å². The molecule has 0 unspecified atom stereocenters. The number of furan rings is 1. The molecule has 0 atom stereocenters. The van der Waals surface area contributed by atoms with E-state index in [1.807, 2.05) is 47.4 Å². The SMILES string of the molecule is C=CCN1CCCN(C(=O)c2ccc(COc3cccc4ccccc34)o2)CC1. The number of benzene rings is 2. The van der Waals surface area contributed by atoms with Crippen molar-refractivity contribution < 1.29 is 13.9 Å². The maximum Gasteiger partial charge on any atom is 0.289 e. The van der Waals surface area contributed by atoms with Crippen LogP contribution < -0.4 is 4.74 Å². The van der Waals surface area contributed by atoms with Crippen LogP contribution in [0.1, 0.15) is 22.7 Å². The zero-order valence-corrected chi connectivity index (χ0v) is 16.5. The molecule has 4 rings (SSSR count). The van der Waals surface area contributed by atoms with Gasteiger partial charge in [0.1, 0.15) is 18.1 Å². The standard InChI is InChI=1S/C24H26N2O3/c1-2-13-25-14-6-15-26(17-16-25)24(27)23-12-11-20(29-23)18-28-22-10-5-8-19-7-3-4-9-21(19)22/h2-5,7-12H,1,6,13-18H2. The zero-order valence-electron chi connectivity index (χ0n) is 16.5. The van der Waals surface area contributed by atoms with Gasteiger partial charge in [0.05, 0.1) is 0 Å². The smallest absolute Gasteiger partial charge is 0.289 e. The minimum absolute atomic E-state index is 0.0538. The van der Waals surface area contributed by atoms with Crippen LogP contribution in [0.2, 0.25) is 0 Å². The molecule has 5 nitrogen and oxygen atoms in total. The number of rotatable bonds is 6. The Morgan fingerprint density at radius 2 is 1.90 bits per heavy atom. The van der Waals surface area contributed by atoms with E-state index >= 15 is 0 Å². The predicted molar refractivity (Wildman–Crippen MR) is 114 cm³/mol. The van der Waals surface area contributed by atoms with E-state index in [2.05, 4.69) is 23.6 Å². The summed E-state index contributed by atoms with van der Waals surface area (Å²) in [5.74, 6) is 1.77. The average molecular weight is 390 g/mol. The summed E-state index contributed by atoms with van der Waals surface area (Å²) in [6, 6.07) is 17.7. The van der Waals surface area contributed by atoms with Gasteiger partial charge < -0.3 is 14.1 Å². The summed E-state index contributed by atoms with van der Waals surface area (Å²) in [6.07, 6.45) is 2.86. The Balaban J connectivity index is 1.39. The van der Waals surface area contributed by atoms with E-state index in [1.54, 1.807) is 6.07 Å². The lowest BCUT2D eigenvalue weighted by Gasteiger charge is -2.20. The molecule has 1 fully saturated rings. The van der Waals surface area contributed by atoms with Gasteiger partial charge in [0.15, 0.2) is 5.76 Å². The van der Waals surface area contributed by atoms with Crippen molar-refractivity contribution >= 4 is 16.7 Å². The molecule has 1 amide bonds. The van der Waals surface area contributed by atoms with Crippen molar-refractivity contribution in [2.24, 2.45) is 0 Å². The van der Waals surface area contributed by atoms with Crippen molar-refractivity contribution in [3.05, 3.63) is 78.8 Å². The summed E-state index contributed by atoms with van der Waals surface area (Å²) in [4.78, 5) is 17.0. The summed E-state index contributed by atoms with van der Waals surface area (Å²) >= 11 is 0. The normalized spacial score (nSPS) is 15.2. The van der Waals surface area contributed by atoms with Crippen molar-refractivity contribution in [1.82, 2.24) is 9.80 Å². The molecule has 1 aromatic heterocycles. The number of ether oxygens (including phenoxy) is 1. The Bertz CT molecular complexity index is 989. The van der Waals surface area contributed by atoms with E-state index in [9.17, 15) is 4.79 Å². The summed E-state index contributed by atoms with van der Waals surface area (Å²) in [5, 5.41) is 2.19. The fourth-order valence-corrected chi connectivity index (χ4v) is 3.74. The van der Waals surface area contributed by atoms with Crippen molar-refractivity contribution in [3.63, 3.8) is 0 Å². The highest BCUT2D eigenvalue weighted by atomic mass is 16.5. The minimum Gasteiger partial charge on any atom is -0.485 e. The molecule has 1 saturated heterocycles. The quantitative estimate of drug-likeness (QED) is 0.587. The number of nitrogens with zero attached hydrogens (tertiary/aromatic N) is 2. The van der Waals surface area contributed by atoms with Crippen LogP contribution in [0.25, 0.3) is 10.8 Å². The fraction of sp³-hybridized carbons (Fsp3) is 0.292. The zero-order chi connectivity index (χ0) is 20.1. The molecule has 1 aliphatic heterocycles. The first-order chi connectivity index (χ1) is 14.2. The molecule has 0 spiro atoms. The van der Waals surface area contributed by atoms with Gasteiger partial charge in [-0.1, -0.05) is 42.5 Å². The van der Waals surface area contributed by atoms with E-state index in [0.717, 1.165) is 49.1 Å². The number of hydrogen-bond acceptors (Lipinski definition) is 4. The maximum atomic E-state index is 12.8. The highest BCUT2D eigenvalue weighted by Crippen LogP contribution is 2.26. The second-order valence-electron chi connectivity index (χ2n) is 7.27. The molecule has 0 radical (unpaired) electrons. The Hall–Kier alpha value is -3.05. The third-order valence-electron chi connectivity index (χ3n) is 5.26. The van der Waals surface area contributed by atoms with Crippen LogP contribution in [-0.2, 0) is 6.61 Å². The molecule has 29 heavy (non-hydrogen) atoms. The highest BCUT2D eigenvalue weighted by molar-refractivity contribution is 5.91. The molecule has 2 aromatic carbocycles. The lowest BCUT2D eigenvalue weighted by molar-refractivity contribution is 0.0726. The van der Waals surface area contributed by atoms with Crippen molar-refractivity contribution in [1.29, 1.82) is 0 Å². The minimum atomic E-state index is -0.0538. The maximum absolute atomic E-state index is 12.8. The van der Waals surface area contributed by atoms with E-state index in [0.29, 0.717) is 18.1 Å². The van der Waals surface area contributed by atoms with Gasteiger partial charge in [0.25, 0.3) is 5.91 Å². The van der Waals surface area contributed by atoms with Gasteiger partial charge in [0, 0.05) is 38.1 Å². The molecule has 3 aromatic rings. The fourth-order valence-electron chi connectivity index (χ4n) is 3.74. The molecule has 5 heteroatoms. The third kappa shape index (κ3) is 4.51. The lowest BCUT2D eigenvalue weighted by Crippen LogP contribution is -2.35. The van der Waals surface area contributed by atoms with Gasteiger partial charge >= 0.3 is 0 Å². The lowest BCUT2D eigenvalue weighted by atomic mass is 10.1. The molecular weight excluding hydrogens is 364 g/mol. The Kier molecular flexibility index (Phi) is 5.96. The van der Waals surface area contributed by atoms with E-state index in [1.165, 1.54) is 0 Å². The molecule has 0 saturated carbocycles. The van der Waals surface area contributed by atoms with E-state index < -0.39 is 0 Å². The Morgan fingerprint density at radius 1 is 1.03 bits per heavy atom. The average Bonchev–Trinajstić information content (AvgIpc) is 3.11. The number of carbonyl (C=O) groups is 1. The van der Waals surface area contributed by atoms with Crippen LogP contribution in [0.15, 0.2) is 71.7 Å². The van der Waals surface area contributed by atoms with Crippen LogP contribution in [0.5, 0.6) is 5.75 Å². The first-order valence-corrected chi connectivity index (χ1v) is 10.1. The summed E-state index contributed by atoms with van der Waals surface area (Å²) in [6.45, 7) is 8.23. The van der Waals surface area contributed by atoms with Crippen molar-refractivity contribution in [2.75, 3.05) is 32.7 Å². The summed E-state index contributed by atoms with van der Waals surface area (Å²) in [7, 11) is 0. The van der Waals surface area contributed by atoms with Crippen LogP contribution in [-0.4, -0.2) is 48.4 Å². The van der Waals surface area contributed by atoms with E-state index in [4.69, 9.17) is 9.15 Å². The van der Waals surface area contributed by atoms with Gasteiger partial charge in [-0.2, -0.15) is 0 Å². The van der Waals surface area contributed by atoms with Crippen LogP contribution in [0.3, 0.4) is 0 Å². The number of fused-ring (bicyclic) bond motifs is 1. The van der Waals surface area contributed by atoms with Gasteiger partial charge in [-0.15, -0.1) is 6.58 Å². The van der Waals surface area contributed by atoms with Crippen LogP contribution in [0, 0.1) is 0 Å². The monoisotopic (exact) mass is 390 g/mol. The summed E-state index contributed by atoms with van der Waals surface area (Å²) < 4.78 is 11.8. The predicted octanol–water partition coefficient (Wildman–Crippen LogP) is 4.35. The molecule has 2 heterocycles. The second kappa shape index (κ2) is 8.97. The highest BCUT2D eigenvalue weighted by Gasteiger charge is 2.22.